The van der Waals surface area contributed by atoms with E-state index in [0.29, 0.717) is 26.9 Å². The van der Waals surface area contributed by atoms with Crippen molar-refractivity contribution >= 4 is 23.2 Å². The molecule has 18 heavy (non-hydrogen) atoms. The summed E-state index contributed by atoms with van der Waals surface area (Å²) in [5.74, 6) is 0. The molecule has 1 aromatic carbocycles. The molecule has 0 bridgehead atoms. The Morgan fingerprint density at radius 2 is 2.11 bits per heavy atom. The van der Waals surface area contributed by atoms with E-state index >= 15 is 0 Å². The van der Waals surface area contributed by atoms with E-state index in [4.69, 9.17) is 28.5 Å². The number of nitrogens with one attached hydrogen (secondary N) is 1. The standard InChI is InChI=1S/C12H7Cl2N3O/c13-8-1-2-9(10(14)6-8)11-5-7(3-4-15)12(18)17-16-11/h1-2,5-6H,3H2,(H,17,18). The Morgan fingerprint density at radius 1 is 1.33 bits per heavy atom. The highest BCUT2D eigenvalue weighted by Crippen LogP contribution is 2.28. The number of nitrogens with zero attached hydrogens (tertiary/aromatic N) is 2. The van der Waals surface area contributed by atoms with Crippen LogP contribution in [0, 0.1) is 11.3 Å². The highest BCUT2D eigenvalue weighted by molar-refractivity contribution is 6.36. The number of aromatic amines is 1. The lowest BCUT2D eigenvalue weighted by atomic mass is 10.1. The van der Waals surface area contributed by atoms with E-state index in [2.05, 4.69) is 10.2 Å². The molecule has 90 valence electrons. The van der Waals surface area contributed by atoms with Crippen molar-refractivity contribution in [3.63, 3.8) is 0 Å². The molecule has 0 atom stereocenters. The monoisotopic (exact) mass is 279 g/mol. The van der Waals surface area contributed by atoms with Gasteiger partial charge in [0.2, 0.25) is 0 Å². The molecule has 0 spiro atoms. The summed E-state index contributed by atoms with van der Waals surface area (Å²) in [6.07, 6.45) is 0.0239. The van der Waals surface area contributed by atoms with Crippen LogP contribution in [0.25, 0.3) is 11.3 Å². The molecule has 1 heterocycles. The first-order valence-corrected chi connectivity index (χ1v) is 5.78. The summed E-state index contributed by atoms with van der Waals surface area (Å²) < 4.78 is 0. The first kappa shape index (κ1) is 12.6. The second kappa shape index (κ2) is 5.21. The van der Waals surface area contributed by atoms with E-state index in [9.17, 15) is 4.79 Å². The Balaban J connectivity index is 2.55. The van der Waals surface area contributed by atoms with E-state index in [1.807, 2.05) is 6.07 Å². The van der Waals surface area contributed by atoms with Crippen LogP contribution in [0.1, 0.15) is 5.56 Å². The first-order chi connectivity index (χ1) is 8.61. The highest BCUT2D eigenvalue weighted by atomic mass is 35.5. The number of aromatic nitrogens is 2. The number of halogens is 2. The van der Waals surface area contributed by atoms with Gasteiger partial charge in [-0.3, -0.25) is 4.79 Å². The average Bonchev–Trinajstić information content (AvgIpc) is 2.33. The summed E-state index contributed by atoms with van der Waals surface area (Å²) in [5, 5.41) is 15.8. The molecular formula is C12H7Cl2N3O. The number of H-pyrrole nitrogens is 1. The molecule has 0 amide bonds. The van der Waals surface area contributed by atoms with Crippen molar-refractivity contribution in [2.75, 3.05) is 0 Å². The second-order valence-electron chi connectivity index (χ2n) is 3.57. The number of hydrogen-bond donors (Lipinski definition) is 1. The van der Waals surface area contributed by atoms with Gasteiger partial charge in [0.1, 0.15) is 0 Å². The minimum atomic E-state index is -0.370. The summed E-state index contributed by atoms with van der Waals surface area (Å²) >= 11 is 11.9. The van der Waals surface area contributed by atoms with Gasteiger partial charge in [0.25, 0.3) is 5.56 Å². The molecular weight excluding hydrogens is 273 g/mol. The van der Waals surface area contributed by atoms with E-state index < -0.39 is 0 Å². The SMILES string of the molecule is N#CCc1cc(-c2ccc(Cl)cc2Cl)n[nH]c1=O. The summed E-state index contributed by atoms with van der Waals surface area (Å²) in [4.78, 5) is 11.4. The smallest absolute Gasteiger partial charge is 0.268 e. The van der Waals surface area contributed by atoms with Crippen molar-refractivity contribution in [3.05, 3.63) is 50.2 Å². The highest BCUT2D eigenvalue weighted by Gasteiger charge is 2.08. The molecule has 6 heteroatoms. The maximum Gasteiger partial charge on any atom is 0.268 e. The van der Waals surface area contributed by atoms with Crippen molar-refractivity contribution in [1.29, 1.82) is 5.26 Å². The fraction of sp³-hybridized carbons (Fsp3) is 0.0833. The molecule has 1 aromatic heterocycles. The van der Waals surface area contributed by atoms with Crippen LogP contribution in [-0.2, 0) is 6.42 Å². The van der Waals surface area contributed by atoms with Crippen LogP contribution < -0.4 is 5.56 Å². The second-order valence-corrected chi connectivity index (χ2v) is 4.41. The third-order valence-electron chi connectivity index (χ3n) is 2.36. The van der Waals surface area contributed by atoms with Gasteiger partial charge >= 0.3 is 0 Å². The van der Waals surface area contributed by atoms with Crippen molar-refractivity contribution < 1.29 is 0 Å². The van der Waals surface area contributed by atoms with E-state index in [1.54, 1.807) is 24.3 Å². The lowest BCUT2D eigenvalue weighted by Gasteiger charge is -2.04. The summed E-state index contributed by atoms with van der Waals surface area (Å²) in [6.45, 7) is 0. The quantitative estimate of drug-likeness (QED) is 0.919. The molecule has 1 N–H and O–H groups in total. The molecule has 0 fully saturated rings. The normalized spacial score (nSPS) is 10.1. The van der Waals surface area contributed by atoms with Gasteiger partial charge in [0.05, 0.1) is 23.2 Å². The minimum Gasteiger partial charge on any atom is -0.268 e. The van der Waals surface area contributed by atoms with Crippen LogP contribution >= 0.6 is 23.2 Å². The maximum atomic E-state index is 11.4. The number of rotatable bonds is 2. The van der Waals surface area contributed by atoms with E-state index in [1.165, 1.54) is 0 Å². The Bertz CT molecular complexity index is 688. The van der Waals surface area contributed by atoms with E-state index in [-0.39, 0.29) is 12.0 Å². The van der Waals surface area contributed by atoms with Gasteiger partial charge in [-0.1, -0.05) is 23.2 Å². The minimum absolute atomic E-state index is 0.0239. The number of hydrogen-bond acceptors (Lipinski definition) is 3. The maximum absolute atomic E-state index is 11.4. The molecule has 0 unspecified atom stereocenters. The molecule has 0 aliphatic carbocycles. The van der Waals surface area contributed by atoms with Gasteiger partial charge in [0, 0.05) is 16.1 Å². The molecule has 2 rings (SSSR count). The molecule has 0 saturated heterocycles. The van der Waals surface area contributed by atoms with Crippen molar-refractivity contribution in [3.8, 4) is 17.3 Å². The van der Waals surface area contributed by atoms with Crippen LogP contribution in [-0.4, -0.2) is 10.2 Å². The van der Waals surface area contributed by atoms with Gasteiger partial charge < -0.3 is 0 Å². The fourth-order valence-corrected chi connectivity index (χ4v) is 2.00. The van der Waals surface area contributed by atoms with Gasteiger partial charge in [0.15, 0.2) is 0 Å². The van der Waals surface area contributed by atoms with Crippen molar-refractivity contribution in [2.45, 2.75) is 6.42 Å². The zero-order chi connectivity index (χ0) is 13.1. The summed E-state index contributed by atoms with van der Waals surface area (Å²) in [5.41, 5.74) is 1.14. The van der Waals surface area contributed by atoms with Gasteiger partial charge in [-0.15, -0.1) is 0 Å². The molecule has 2 aromatic rings. The van der Waals surface area contributed by atoms with Crippen molar-refractivity contribution in [2.24, 2.45) is 0 Å². The number of benzene rings is 1. The third kappa shape index (κ3) is 2.53. The van der Waals surface area contributed by atoms with Crippen LogP contribution in [0.15, 0.2) is 29.1 Å². The lowest BCUT2D eigenvalue weighted by Crippen LogP contribution is -2.14. The topological polar surface area (TPSA) is 69.5 Å². The molecule has 0 saturated carbocycles. The van der Waals surface area contributed by atoms with Crippen LogP contribution in [0.2, 0.25) is 10.0 Å². The Labute approximate surface area is 113 Å². The Hall–Kier alpha value is -1.83. The van der Waals surface area contributed by atoms with Gasteiger partial charge in [-0.05, 0) is 24.3 Å². The molecule has 0 radical (unpaired) electrons. The predicted molar refractivity (Wildman–Crippen MR) is 69.6 cm³/mol. The largest absolute Gasteiger partial charge is 0.268 e. The molecule has 4 nitrogen and oxygen atoms in total. The van der Waals surface area contributed by atoms with E-state index in [0.717, 1.165) is 0 Å². The van der Waals surface area contributed by atoms with Crippen LogP contribution in [0.3, 0.4) is 0 Å². The summed E-state index contributed by atoms with van der Waals surface area (Å²) in [6, 6.07) is 8.46. The van der Waals surface area contributed by atoms with Crippen molar-refractivity contribution in [1.82, 2.24) is 10.2 Å². The first-order valence-electron chi connectivity index (χ1n) is 5.03. The zero-order valence-corrected chi connectivity index (χ0v) is 10.6. The fourth-order valence-electron chi connectivity index (χ4n) is 1.50. The third-order valence-corrected chi connectivity index (χ3v) is 2.90. The predicted octanol–water partition coefficient (Wildman–Crippen LogP) is 2.81. The number of nitriles is 1. The Kier molecular flexibility index (Phi) is 3.66. The molecule has 0 aliphatic rings. The van der Waals surface area contributed by atoms with Crippen LogP contribution in [0.4, 0.5) is 0 Å². The average molecular weight is 280 g/mol. The Morgan fingerprint density at radius 3 is 2.78 bits per heavy atom. The van der Waals surface area contributed by atoms with Crippen LogP contribution in [0.5, 0.6) is 0 Å². The van der Waals surface area contributed by atoms with Gasteiger partial charge in [-0.25, -0.2) is 5.10 Å². The molecule has 0 aliphatic heterocycles. The zero-order valence-electron chi connectivity index (χ0n) is 9.08. The summed E-state index contributed by atoms with van der Waals surface area (Å²) in [7, 11) is 0. The lowest BCUT2D eigenvalue weighted by molar-refractivity contribution is 0.963. The van der Waals surface area contributed by atoms with Gasteiger partial charge in [-0.2, -0.15) is 10.4 Å².